The number of halogens is 1. The van der Waals surface area contributed by atoms with Crippen molar-refractivity contribution in [2.45, 2.75) is 49.1 Å². The number of aromatic amines is 1. The van der Waals surface area contributed by atoms with E-state index in [0.717, 1.165) is 24.1 Å². The van der Waals surface area contributed by atoms with Gasteiger partial charge in [-0.3, -0.25) is 4.79 Å². The van der Waals surface area contributed by atoms with Crippen LogP contribution in [-0.4, -0.2) is 27.2 Å². The van der Waals surface area contributed by atoms with Crippen molar-refractivity contribution in [1.82, 2.24) is 15.3 Å². The summed E-state index contributed by atoms with van der Waals surface area (Å²) in [6.45, 7) is 1.88. The van der Waals surface area contributed by atoms with Crippen LogP contribution in [0.1, 0.15) is 32.6 Å². The maximum Gasteiger partial charge on any atom is 0.233 e. The van der Waals surface area contributed by atoms with Crippen LogP contribution in [0.2, 0.25) is 0 Å². The second kappa shape index (κ2) is 7.17. The Kier molecular flexibility index (Phi) is 5.00. The first-order valence-corrected chi connectivity index (χ1v) is 8.78. The number of amides is 1. The molecule has 2 N–H and O–H groups in total. The van der Waals surface area contributed by atoms with E-state index in [1.807, 2.05) is 6.92 Å². The van der Waals surface area contributed by atoms with Crippen molar-refractivity contribution in [3.05, 3.63) is 36.3 Å². The van der Waals surface area contributed by atoms with E-state index in [0.29, 0.717) is 11.2 Å². The molecule has 0 aliphatic heterocycles. The van der Waals surface area contributed by atoms with Crippen molar-refractivity contribution in [2.75, 3.05) is 0 Å². The smallest absolute Gasteiger partial charge is 0.233 e. The first kappa shape index (κ1) is 16.1. The third-order valence-corrected chi connectivity index (χ3v) is 5.07. The summed E-state index contributed by atoms with van der Waals surface area (Å²) in [5.74, 6) is -0.207. The maximum atomic E-state index is 13.0. The molecule has 1 unspecified atom stereocenters. The molecule has 1 saturated carbocycles. The molecular formula is C17H20FN3OS. The van der Waals surface area contributed by atoms with Crippen LogP contribution in [0.15, 0.2) is 35.6 Å². The lowest BCUT2D eigenvalue weighted by atomic mass is 10.2. The molecule has 0 spiro atoms. The topological polar surface area (TPSA) is 57.8 Å². The average Bonchev–Trinajstić information content (AvgIpc) is 3.20. The number of imidazole rings is 1. The zero-order valence-electron chi connectivity index (χ0n) is 13.0. The zero-order valence-corrected chi connectivity index (χ0v) is 13.8. The Morgan fingerprint density at radius 2 is 2.04 bits per heavy atom. The molecule has 4 nitrogen and oxygen atoms in total. The Morgan fingerprint density at radius 1 is 1.35 bits per heavy atom. The number of aromatic nitrogens is 2. The number of hydrogen-bond acceptors (Lipinski definition) is 3. The minimum absolute atomic E-state index is 0.0571. The molecule has 0 radical (unpaired) electrons. The number of rotatable bonds is 5. The fourth-order valence-electron chi connectivity index (χ4n) is 2.75. The monoisotopic (exact) mass is 333 g/mol. The highest BCUT2D eigenvalue weighted by molar-refractivity contribution is 8.00. The van der Waals surface area contributed by atoms with Gasteiger partial charge in [-0.05, 0) is 49.6 Å². The molecule has 6 heteroatoms. The largest absolute Gasteiger partial charge is 0.352 e. The van der Waals surface area contributed by atoms with Gasteiger partial charge in [0, 0.05) is 6.04 Å². The van der Waals surface area contributed by atoms with Crippen LogP contribution < -0.4 is 5.32 Å². The molecule has 122 valence electrons. The van der Waals surface area contributed by atoms with Gasteiger partial charge < -0.3 is 10.3 Å². The number of benzene rings is 1. The molecule has 23 heavy (non-hydrogen) atoms. The van der Waals surface area contributed by atoms with E-state index in [-0.39, 0.29) is 17.0 Å². The van der Waals surface area contributed by atoms with Crippen molar-refractivity contribution in [3.63, 3.8) is 0 Å². The zero-order chi connectivity index (χ0) is 16.2. The molecule has 2 aromatic rings. The highest BCUT2D eigenvalue weighted by atomic mass is 32.2. The van der Waals surface area contributed by atoms with E-state index in [2.05, 4.69) is 15.3 Å². The summed E-state index contributed by atoms with van der Waals surface area (Å²) >= 11 is 1.40. The molecule has 1 aliphatic rings. The fraction of sp³-hybridized carbons (Fsp3) is 0.412. The van der Waals surface area contributed by atoms with Crippen molar-refractivity contribution >= 4 is 17.7 Å². The van der Waals surface area contributed by atoms with Crippen LogP contribution in [-0.2, 0) is 4.79 Å². The molecule has 1 fully saturated rings. The second-order valence-corrected chi connectivity index (χ2v) is 7.19. The summed E-state index contributed by atoms with van der Waals surface area (Å²) in [5, 5.41) is 3.59. The number of nitrogens with one attached hydrogen (secondary N) is 2. The van der Waals surface area contributed by atoms with E-state index in [9.17, 15) is 9.18 Å². The summed E-state index contributed by atoms with van der Waals surface area (Å²) in [6.07, 6.45) is 6.27. The van der Waals surface area contributed by atoms with Gasteiger partial charge in [-0.2, -0.15) is 0 Å². The Hall–Kier alpha value is -1.82. The number of thioether (sulfide) groups is 1. The minimum Gasteiger partial charge on any atom is -0.352 e. The molecule has 1 heterocycles. The summed E-state index contributed by atoms with van der Waals surface area (Å²) < 4.78 is 13.0. The summed E-state index contributed by atoms with van der Waals surface area (Å²) in [4.78, 5) is 19.7. The van der Waals surface area contributed by atoms with E-state index >= 15 is 0 Å². The van der Waals surface area contributed by atoms with Crippen LogP contribution in [0.25, 0.3) is 11.3 Å². The second-order valence-electron chi connectivity index (χ2n) is 5.86. The van der Waals surface area contributed by atoms with Gasteiger partial charge in [-0.1, -0.05) is 24.6 Å². The Bertz CT molecular complexity index is 665. The lowest BCUT2D eigenvalue weighted by molar-refractivity contribution is -0.120. The van der Waals surface area contributed by atoms with Crippen molar-refractivity contribution < 1.29 is 9.18 Å². The van der Waals surface area contributed by atoms with Crippen molar-refractivity contribution in [3.8, 4) is 11.3 Å². The maximum absolute atomic E-state index is 13.0. The lowest BCUT2D eigenvalue weighted by Crippen LogP contribution is -2.37. The van der Waals surface area contributed by atoms with Gasteiger partial charge in [0.1, 0.15) is 5.82 Å². The molecule has 1 amide bonds. The predicted octanol–water partition coefficient (Wildman–Crippen LogP) is 3.76. The number of hydrogen-bond donors (Lipinski definition) is 2. The van der Waals surface area contributed by atoms with E-state index in [4.69, 9.17) is 0 Å². The number of carbonyl (C=O) groups excluding carboxylic acids is 1. The van der Waals surface area contributed by atoms with E-state index in [1.54, 1.807) is 18.3 Å². The summed E-state index contributed by atoms with van der Waals surface area (Å²) in [7, 11) is 0. The van der Waals surface area contributed by atoms with Crippen molar-refractivity contribution in [1.29, 1.82) is 0 Å². The van der Waals surface area contributed by atoms with Gasteiger partial charge >= 0.3 is 0 Å². The molecule has 1 aromatic heterocycles. The van der Waals surface area contributed by atoms with Crippen molar-refractivity contribution in [2.24, 2.45) is 0 Å². The highest BCUT2D eigenvalue weighted by Crippen LogP contribution is 2.25. The lowest BCUT2D eigenvalue weighted by Gasteiger charge is -2.15. The number of nitrogens with zero attached hydrogens (tertiary/aromatic N) is 1. The third kappa shape index (κ3) is 4.13. The van der Waals surface area contributed by atoms with Gasteiger partial charge in [0.25, 0.3) is 0 Å². The molecule has 1 aliphatic carbocycles. The van der Waals surface area contributed by atoms with Crippen LogP contribution >= 0.6 is 11.8 Å². The summed E-state index contributed by atoms with van der Waals surface area (Å²) in [5.41, 5.74) is 1.68. The van der Waals surface area contributed by atoms with Crippen LogP contribution in [0.4, 0.5) is 4.39 Å². The Labute approximate surface area is 139 Å². The Balaban J connectivity index is 1.59. The normalized spacial score (nSPS) is 16.4. The first-order valence-electron chi connectivity index (χ1n) is 7.90. The van der Waals surface area contributed by atoms with E-state index in [1.165, 1.54) is 36.7 Å². The molecular weight excluding hydrogens is 313 g/mol. The molecule has 1 atom stereocenters. The van der Waals surface area contributed by atoms with Gasteiger partial charge in [0.2, 0.25) is 5.91 Å². The molecule has 0 bridgehead atoms. The van der Waals surface area contributed by atoms with Crippen LogP contribution in [0.5, 0.6) is 0 Å². The Morgan fingerprint density at radius 3 is 2.74 bits per heavy atom. The minimum atomic E-state index is -0.264. The first-order chi connectivity index (χ1) is 11.1. The van der Waals surface area contributed by atoms with E-state index < -0.39 is 0 Å². The average molecular weight is 333 g/mol. The molecule has 3 rings (SSSR count). The summed E-state index contributed by atoms with van der Waals surface area (Å²) in [6, 6.07) is 6.57. The fourth-order valence-corrected chi connectivity index (χ4v) is 3.54. The number of H-pyrrole nitrogens is 1. The predicted molar refractivity (Wildman–Crippen MR) is 89.7 cm³/mol. The molecule has 1 aromatic carbocycles. The highest BCUT2D eigenvalue weighted by Gasteiger charge is 2.22. The number of carbonyl (C=O) groups is 1. The quantitative estimate of drug-likeness (QED) is 0.819. The van der Waals surface area contributed by atoms with Gasteiger partial charge in [0.05, 0.1) is 17.1 Å². The SMILES string of the molecule is CC(Sc1ncc(-c2ccc(F)cc2)[nH]1)C(=O)NC1CCCC1. The van der Waals surface area contributed by atoms with Gasteiger partial charge in [-0.15, -0.1) is 0 Å². The van der Waals surface area contributed by atoms with Crippen LogP contribution in [0, 0.1) is 5.82 Å². The third-order valence-electron chi connectivity index (χ3n) is 4.07. The molecule has 0 saturated heterocycles. The van der Waals surface area contributed by atoms with Crippen LogP contribution in [0.3, 0.4) is 0 Å². The van der Waals surface area contributed by atoms with Gasteiger partial charge in [-0.25, -0.2) is 9.37 Å². The van der Waals surface area contributed by atoms with Gasteiger partial charge in [0.15, 0.2) is 5.16 Å². The standard InChI is InChI=1S/C17H20FN3OS/c1-11(16(22)20-14-4-2-3-5-14)23-17-19-10-15(21-17)12-6-8-13(18)9-7-12/h6-11,14H,2-5H2,1H3,(H,19,21)(H,20,22).